The summed E-state index contributed by atoms with van der Waals surface area (Å²) in [5.41, 5.74) is 0. The zero-order valence-corrected chi connectivity index (χ0v) is 11.5. The molecule has 0 N–H and O–H groups in total. The molecule has 0 aromatic rings. The minimum atomic E-state index is 0.151. The van der Waals surface area contributed by atoms with Crippen molar-refractivity contribution in [3.63, 3.8) is 0 Å². The van der Waals surface area contributed by atoms with E-state index in [1.165, 1.54) is 0 Å². The van der Waals surface area contributed by atoms with Gasteiger partial charge in [0.25, 0.3) is 0 Å². The number of hydrogen-bond donors (Lipinski definition) is 0. The van der Waals surface area contributed by atoms with Crippen LogP contribution in [0.3, 0.4) is 0 Å². The second-order valence-electron chi connectivity index (χ2n) is 5.06. The second kappa shape index (κ2) is 10.5. The molecule has 0 aliphatic rings. The Bertz CT molecular complexity index is 206. The van der Waals surface area contributed by atoms with E-state index in [1.54, 1.807) is 0 Å². The Kier molecular flexibility index (Phi) is 10.0. The highest BCUT2D eigenvalue weighted by molar-refractivity contribution is 5.53. The normalized spacial score (nSPS) is 14.6. The lowest BCUT2D eigenvalue weighted by atomic mass is 9.99. The van der Waals surface area contributed by atoms with Gasteiger partial charge in [-0.15, -0.1) is 0 Å². The molecule has 0 spiro atoms. The molecule has 0 rings (SSSR count). The third kappa shape index (κ3) is 9.04. The molecule has 0 aliphatic heterocycles. The first-order chi connectivity index (χ1) is 8.13. The highest BCUT2D eigenvalue weighted by atomic mass is 16.1. The van der Waals surface area contributed by atoms with Gasteiger partial charge in [-0.2, -0.15) is 0 Å². The van der Waals surface area contributed by atoms with Gasteiger partial charge in [-0.05, 0) is 32.9 Å². The van der Waals surface area contributed by atoms with E-state index in [9.17, 15) is 9.59 Å². The standard InChI is InChI=1S/C14H27NO2/c1-4-9-15(3)10-14(12-17)8-6-5-7-13(2)11-16/h11-14H,4-10H2,1-3H3. The van der Waals surface area contributed by atoms with Crippen LogP contribution in [0.15, 0.2) is 0 Å². The molecule has 0 aromatic carbocycles. The Labute approximate surface area is 106 Å². The molecular weight excluding hydrogens is 214 g/mol. The summed E-state index contributed by atoms with van der Waals surface area (Å²) in [7, 11) is 2.06. The quantitative estimate of drug-likeness (QED) is 0.412. The van der Waals surface area contributed by atoms with Gasteiger partial charge in [-0.25, -0.2) is 0 Å². The van der Waals surface area contributed by atoms with Crippen LogP contribution in [0.1, 0.15) is 46.0 Å². The van der Waals surface area contributed by atoms with E-state index in [1.807, 2.05) is 6.92 Å². The molecule has 0 aromatic heterocycles. The summed E-state index contributed by atoms with van der Waals surface area (Å²) in [6.45, 7) is 6.00. The first-order valence-electron chi connectivity index (χ1n) is 6.73. The molecule has 100 valence electrons. The van der Waals surface area contributed by atoms with Gasteiger partial charge in [0, 0.05) is 18.4 Å². The number of carbonyl (C=O) groups is 2. The van der Waals surface area contributed by atoms with Crippen LogP contribution >= 0.6 is 0 Å². The molecule has 0 heterocycles. The highest BCUT2D eigenvalue weighted by Gasteiger charge is 2.10. The summed E-state index contributed by atoms with van der Waals surface area (Å²) in [5.74, 6) is 0.311. The van der Waals surface area contributed by atoms with E-state index in [-0.39, 0.29) is 11.8 Å². The maximum absolute atomic E-state index is 10.9. The number of nitrogens with zero attached hydrogens (tertiary/aromatic N) is 1. The number of hydrogen-bond acceptors (Lipinski definition) is 3. The van der Waals surface area contributed by atoms with E-state index in [0.717, 1.165) is 57.8 Å². The minimum absolute atomic E-state index is 0.151. The van der Waals surface area contributed by atoms with Crippen LogP contribution in [0, 0.1) is 11.8 Å². The third-order valence-electron chi connectivity index (χ3n) is 3.06. The van der Waals surface area contributed by atoms with Crippen molar-refractivity contribution in [3.05, 3.63) is 0 Å². The largest absolute Gasteiger partial charge is 0.306 e. The summed E-state index contributed by atoms with van der Waals surface area (Å²) in [4.78, 5) is 23.6. The van der Waals surface area contributed by atoms with E-state index in [0.29, 0.717) is 0 Å². The van der Waals surface area contributed by atoms with Crippen LogP contribution in [0.4, 0.5) is 0 Å². The van der Waals surface area contributed by atoms with E-state index >= 15 is 0 Å². The number of rotatable bonds is 11. The molecule has 0 amide bonds. The molecule has 0 saturated carbocycles. The van der Waals surface area contributed by atoms with Crippen molar-refractivity contribution in [2.45, 2.75) is 46.0 Å². The van der Waals surface area contributed by atoms with Gasteiger partial charge < -0.3 is 14.5 Å². The molecule has 17 heavy (non-hydrogen) atoms. The van der Waals surface area contributed by atoms with E-state index in [2.05, 4.69) is 18.9 Å². The Morgan fingerprint density at radius 3 is 2.29 bits per heavy atom. The van der Waals surface area contributed by atoms with Crippen molar-refractivity contribution in [2.24, 2.45) is 11.8 Å². The lowest BCUT2D eigenvalue weighted by molar-refractivity contribution is -0.112. The fourth-order valence-corrected chi connectivity index (χ4v) is 2.02. The molecule has 3 heteroatoms. The third-order valence-corrected chi connectivity index (χ3v) is 3.06. The predicted octanol–water partition coefficient (Wildman–Crippen LogP) is 2.54. The van der Waals surface area contributed by atoms with Crippen LogP contribution in [-0.2, 0) is 9.59 Å². The molecule has 2 atom stereocenters. The minimum Gasteiger partial charge on any atom is -0.306 e. The van der Waals surface area contributed by atoms with Gasteiger partial charge >= 0.3 is 0 Å². The summed E-state index contributed by atoms with van der Waals surface area (Å²) >= 11 is 0. The molecule has 0 fully saturated rings. The Morgan fingerprint density at radius 1 is 1.12 bits per heavy atom. The monoisotopic (exact) mass is 241 g/mol. The summed E-state index contributed by atoms with van der Waals surface area (Å²) in [6.07, 6.45) is 7.19. The Balaban J connectivity index is 3.67. The summed E-state index contributed by atoms with van der Waals surface area (Å²) in [5, 5.41) is 0. The average Bonchev–Trinajstić information content (AvgIpc) is 2.32. The van der Waals surface area contributed by atoms with Crippen molar-refractivity contribution in [1.29, 1.82) is 0 Å². The van der Waals surface area contributed by atoms with Crippen LogP contribution in [0.5, 0.6) is 0 Å². The molecule has 0 saturated heterocycles. The Morgan fingerprint density at radius 2 is 1.76 bits per heavy atom. The number of aldehydes is 2. The first-order valence-corrected chi connectivity index (χ1v) is 6.73. The molecule has 0 aliphatic carbocycles. The number of carbonyl (C=O) groups excluding carboxylic acids is 2. The van der Waals surface area contributed by atoms with Crippen molar-refractivity contribution in [3.8, 4) is 0 Å². The van der Waals surface area contributed by atoms with Gasteiger partial charge in [0.2, 0.25) is 0 Å². The lowest BCUT2D eigenvalue weighted by Crippen LogP contribution is -2.27. The van der Waals surface area contributed by atoms with Crippen LogP contribution in [0.2, 0.25) is 0 Å². The smallest absolute Gasteiger partial charge is 0.124 e. The van der Waals surface area contributed by atoms with Crippen molar-refractivity contribution >= 4 is 12.6 Å². The lowest BCUT2D eigenvalue weighted by Gasteiger charge is -2.19. The van der Waals surface area contributed by atoms with Crippen LogP contribution < -0.4 is 0 Å². The first kappa shape index (κ1) is 16.3. The van der Waals surface area contributed by atoms with Crippen molar-refractivity contribution in [1.82, 2.24) is 4.90 Å². The topological polar surface area (TPSA) is 37.4 Å². The molecule has 2 unspecified atom stereocenters. The SMILES string of the molecule is CCCN(C)CC(C=O)CCCCC(C)C=O. The van der Waals surface area contributed by atoms with Crippen molar-refractivity contribution < 1.29 is 9.59 Å². The summed E-state index contributed by atoms with van der Waals surface area (Å²) < 4.78 is 0. The fraction of sp³-hybridized carbons (Fsp3) is 0.857. The van der Waals surface area contributed by atoms with Gasteiger partial charge in [-0.1, -0.05) is 26.7 Å². The number of unbranched alkanes of at least 4 members (excludes halogenated alkanes) is 1. The fourth-order valence-electron chi connectivity index (χ4n) is 2.02. The van der Waals surface area contributed by atoms with Gasteiger partial charge in [0.15, 0.2) is 0 Å². The molecule has 3 nitrogen and oxygen atoms in total. The maximum atomic E-state index is 10.9. The molecule has 0 bridgehead atoms. The maximum Gasteiger partial charge on any atom is 0.124 e. The second-order valence-corrected chi connectivity index (χ2v) is 5.06. The molecule has 0 radical (unpaired) electrons. The van der Waals surface area contributed by atoms with E-state index < -0.39 is 0 Å². The van der Waals surface area contributed by atoms with Gasteiger partial charge in [0.05, 0.1) is 0 Å². The highest BCUT2D eigenvalue weighted by Crippen LogP contribution is 2.12. The van der Waals surface area contributed by atoms with Crippen LogP contribution in [-0.4, -0.2) is 37.6 Å². The van der Waals surface area contributed by atoms with E-state index in [4.69, 9.17) is 0 Å². The zero-order valence-electron chi connectivity index (χ0n) is 11.5. The average molecular weight is 241 g/mol. The summed E-state index contributed by atoms with van der Waals surface area (Å²) in [6, 6.07) is 0. The van der Waals surface area contributed by atoms with Crippen LogP contribution in [0.25, 0.3) is 0 Å². The molecular formula is C14H27NO2. The predicted molar refractivity (Wildman–Crippen MR) is 71.0 cm³/mol. The Hall–Kier alpha value is -0.700. The zero-order chi connectivity index (χ0) is 13.1. The van der Waals surface area contributed by atoms with Crippen molar-refractivity contribution in [2.75, 3.05) is 20.1 Å². The van der Waals surface area contributed by atoms with Gasteiger partial charge in [-0.3, -0.25) is 0 Å². The van der Waals surface area contributed by atoms with Gasteiger partial charge in [0.1, 0.15) is 12.6 Å².